The van der Waals surface area contributed by atoms with Gasteiger partial charge < -0.3 is 9.88 Å². The molecule has 0 bridgehead atoms. The van der Waals surface area contributed by atoms with E-state index >= 15 is 0 Å². The van der Waals surface area contributed by atoms with Crippen molar-refractivity contribution in [1.82, 2.24) is 9.88 Å². The highest BCUT2D eigenvalue weighted by atomic mass is 15.0. The molecule has 1 aliphatic carbocycles. The Morgan fingerprint density at radius 2 is 1.89 bits per heavy atom. The number of nitrogens with one attached hydrogen (secondary N) is 1. The highest BCUT2D eigenvalue weighted by Crippen LogP contribution is 2.17. The second-order valence-electron chi connectivity index (χ2n) is 5.36. The van der Waals surface area contributed by atoms with Crippen LogP contribution < -0.4 is 5.32 Å². The molecule has 0 radical (unpaired) electrons. The van der Waals surface area contributed by atoms with Crippen molar-refractivity contribution in [3.05, 3.63) is 36.5 Å². The molecule has 1 aromatic heterocycles. The number of hydrogen-bond donors (Lipinski definition) is 1. The Hall–Kier alpha value is -1.28. The third kappa shape index (κ3) is 2.59. The minimum absolute atomic E-state index is 0.764. The third-order valence-electron chi connectivity index (χ3n) is 4.07. The van der Waals surface area contributed by atoms with E-state index in [0.29, 0.717) is 0 Å². The van der Waals surface area contributed by atoms with Crippen LogP contribution in [0.4, 0.5) is 0 Å². The highest BCUT2D eigenvalue weighted by Gasteiger charge is 2.11. The zero-order chi connectivity index (χ0) is 12.2. The van der Waals surface area contributed by atoms with Gasteiger partial charge in [0.15, 0.2) is 0 Å². The van der Waals surface area contributed by atoms with E-state index < -0.39 is 0 Å². The summed E-state index contributed by atoms with van der Waals surface area (Å²) in [5.74, 6) is 0. The monoisotopic (exact) mass is 242 g/mol. The Bertz CT molecular complexity index is 495. The number of nitrogens with zero attached hydrogens (tertiary/aromatic N) is 1. The van der Waals surface area contributed by atoms with Crippen molar-refractivity contribution in [2.45, 2.75) is 44.7 Å². The van der Waals surface area contributed by atoms with Crippen molar-refractivity contribution in [3.8, 4) is 0 Å². The van der Waals surface area contributed by atoms with Crippen LogP contribution in [-0.4, -0.2) is 17.2 Å². The molecule has 1 N–H and O–H groups in total. The van der Waals surface area contributed by atoms with Crippen molar-refractivity contribution in [2.24, 2.45) is 0 Å². The molecule has 0 aliphatic heterocycles. The van der Waals surface area contributed by atoms with Crippen molar-refractivity contribution in [3.63, 3.8) is 0 Å². The predicted molar refractivity (Wildman–Crippen MR) is 76.8 cm³/mol. The van der Waals surface area contributed by atoms with Crippen LogP contribution in [0, 0.1) is 0 Å². The van der Waals surface area contributed by atoms with Crippen molar-refractivity contribution < 1.29 is 0 Å². The summed E-state index contributed by atoms with van der Waals surface area (Å²) in [5, 5.41) is 5.05. The van der Waals surface area contributed by atoms with Crippen molar-refractivity contribution >= 4 is 10.9 Å². The van der Waals surface area contributed by atoms with Gasteiger partial charge in [-0.25, -0.2) is 0 Å². The zero-order valence-electron chi connectivity index (χ0n) is 10.9. The molecule has 1 aliphatic rings. The van der Waals surface area contributed by atoms with Gasteiger partial charge in [-0.15, -0.1) is 0 Å². The van der Waals surface area contributed by atoms with Gasteiger partial charge in [0.05, 0.1) is 0 Å². The summed E-state index contributed by atoms with van der Waals surface area (Å²) in [5.41, 5.74) is 1.35. The lowest BCUT2D eigenvalue weighted by molar-refractivity contribution is 0.369. The molecular formula is C16H22N2. The molecular weight excluding hydrogens is 220 g/mol. The van der Waals surface area contributed by atoms with Crippen molar-refractivity contribution in [1.29, 1.82) is 0 Å². The summed E-state index contributed by atoms with van der Waals surface area (Å²) in [6.45, 7) is 2.16. The molecule has 0 unspecified atom stereocenters. The van der Waals surface area contributed by atoms with Gasteiger partial charge in [-0.2, -0.15) is 0 Å². The van der Waals surface area contributed by atoms with E-state index in [0.717, 1.165) is 19.1 Å². The first-order chi connectivity index (χ1) is 8.93. The molecule has 18 heavy (non-hydrogen) atoms. The van der Waals surface area contributed by atoms with Crippen LogP contribution in [0.2, 0.25) is 0 Å². The smallest absolute Gasteiger partial charge is 0.0480 e. The van der Waals surface area contributed by atoms with Crippen LogP contribution >= 0.6 is 0 Å². The van der Waals surface area contributed by atoms with E-state index in [2.05, 4.69) is 46.4 Å². The van der Waals surface area contributed by atoms with Gasteiger partial charge in [0.2, 0.25) is 0 Å². The molecule has 96 valence electrons. The first-order valence-electron chi connectivity index (χ1n) is 7.21. The first-order valence-corrected chi connectivity index (χ1v) is 7.21. The Morgan fingerprint density at radius 3 is 2.78 bits per heavy atom. The molecule has 0 saturated heterocycles. The summed E-state index contributed by atoms with van der Waals surface area (Å²) >= 11 is 0. The average Bonchev–Trinajstić information content (AvgIpc) is 2.84. The SMILES string of the molecule is c1ccc2c(c1)ccn2CCNC1CCCCC1. The molecule has 3 rings (SSSR count). The quantitative estimate of drug-likeness (QED) is 0.867. The normalized spacial score (nSPS) is 17.3. The lowest BCUT2D eigenvalue weighted by atomic mass is 9.95. The first kappa shape index (κ1) is 11.8. The molecule has 2 aromatic rings. The summed E-state index contributed by atoms with van der Waals surface area (Å²) < 4.78 is 2.35. The Kier molecular flexibility index (Phi) is 3.65. The van der Waals surface area contributed by atoms with Gasteiger partial charge in [0.1, 0.15) is 0 Å². The van der Waals surface area contributed by atoms with Crippen LogP contribution in [0.15, 0.2) is 36.5 Å². The van der Waals surface area contributed by atoms with Gasteiger partial charge in [-0.1, -0.05) is 37.5 Å². The maximum absolute atomic E-state index is 3.70. The predicted octanol–water partition coefficient (Wildman–Crippen LogP) is 3.56. The summed E-state index contributed by atoms with van der Waals surface area (Å²) in [4.78, 5) is 0. The van der Waals surface area contributed by atoms with Crippen molar-refractivity contribution in [2.75, 3.05) is 6.54 Å². The third-order valence-corrected chi connectivity index (χ3v) is 4.07. The molecule has 2 heteroatoms. The minimum Gasteiger partial charge on any atom is -0.346 e. The molecule has 0 atom stereocenters. The van der Waals surface area contributed by atoms with E-state index in [1.54, 1.807) is 0 Å². The molecule has 2 nitrogen and oxygen atoms in total. The van der Waals surface area contributed by atoms with Crippen LogP contribution in [-0.2, 0) is 6.54 Å². The van der Waals surface area contributed by atoms with E-state index in [1.165, 1.54) is 43.0 Å². The number of benzene rings is 1. The fraction of sp³-hybridized carbons (Fsp3) is 0.500. The number of rotatable bonds is 4. The summed E-state index contributed by atoms with van der Waals surface area (Å²) in [6.07, 6.45) is 9.18. The fourth-order valence-electron chi connectivity index (χ4n) is 3.03. The summed E-state index contributed by atoms with van der Waals surface area (Å²) in [6, 6.07) is 11.6. The molecule has 1 fully saturated rings. The lowest BCUT2D eigenvalue weighted by Gasteiger charge is -2.23. The number of hydrogen-bond acceptors (Lipinski definition) is 1. The van der Waals surface area contributed by atoms with Crippen LogP contribution in [0.5, 0.6) is 0 Å². The summed E-state index contributed by atoms with van der Waals surface area (Å²) in [7, 11) is 0. The largest absolute Gasteiger partial charge is 0.346 e. The maximum Gasteiger partial charge on any atom is 0.0480 e. The standard InChI is InChI=1S/C16H22N2/c1-2-7-15(8-3-1)17-11-13-18-12-10-14-6-4-5-9-16(14)18/h4-6,9-10,12,15,17H,1-3,7-8,11,13H2. The molecule has 0 spiro atoms. The van der Waals surface area contributed by atoms with E-state index in [9.17, 15) is 0 Å². The van der Waals surface area contributed by atoms with Gasteiger partial charge in [-0.05, 0) is 30.4 Å². The fourth-order valence-corrected chi connectivity index (χ4v) is 3.03. The van der Waals surface area contributed by atoms with E-state index in [4.69, 9.17) is 0 Å². The Labute approximate surface area is 109 Å². The van der Waals surface area contributed by atoms with E-state index in [-0.39, 0.29) is 0 Å². The zero-order valence-corrected chi connectivity index (χ0v) is 10.9. The van der Waals surface area contributed by atoms with Gasteiger partial charge in [-0.3, -0.25) is 0 Å². The molecule has 1 heterocycles. The second-order valence-corrected chi connectivity index (χ2v) is 5.36. The number of fused-ring (bicyclic) bond motifs is 1. The Balaban J connectivity index is 1.56. The van der Waals surface area contributed by atoms with Gasteiger partial charge in [0.25, 0.3) is 0 Å². The van der Waals surface area contributed by atoms with Gasteiger partial charge in [0, 0.05) is 30.8 Å². The molecule has 1 aromatic carbocycles. The van der Waals surface area contributed by atoms with E-state index in [1.807, 2.05) is 0 Å². The minimum atomic E-state index is 0.764. The number of aromatic nitrogens is 1. The molecule has 1 saturated carbocycles. The highest BCUT2D eigenvalue weighted by molar-refractivity contribution is 5.79. The maximum atomic E-state index is 3.70. The average molecular weight is 242 g/mol. The van der Waals surface area contributed by atoms with Crippen LogP contribution in [0.3, 0.4) is 0 Å². The van der Waals surface area contributed by atoms with Crippen LogP contribution in [0.25, 0.3) is 10.9 Å². The Morgan fingerprint density at radius 1 is 1.06 bits per heavy atom. The lowest BCUT2D eigenvalue weighted by Crippen LogP contribution is -2.33. The number of para-hydroxylation sites is 1. The van der Waals surface area contributed by atoms with Gasteiger partial charge >= 0.3 is 0 Å². The molecule has 0 amide bonds. The second kappa shape index (κ2) is 5.57. The topological polar surface area (TPSA) is 17.0 Å². The van der Waals surface area contributed by atoms with Crippen LogP contribution in [0.1, 0.15) is 32.1 Å².